The first-order valence-corrected chi connectivity index (χ1v) is 7.85. The number of halogens is 2. The number of alkyl halides is 1. The van der Waals surface area contributed by atoms with E-state index in [4.69, 9.17) is 9.47 Å². The van der Waals surface area contributed by atoms with E-state index in [-0.39, 0.29) is 4.83 Å². The van der Waals surface area contributed by atoms with Crippen LogP contribution in [0.1, 0.15) is 15.3 Å². The lowest BCUT2D eigenvalue weighted by Crippen LogP contribution is -1.97. The molecule has 0 amide bonds. The summed E-state index contributed by atoms with van der Waals surface area (Å²) < 4.78 is 11.7. The number of methoxy groups -OCH3 is 2. The third kappa shape index (κ3) is 2.73. The van der Waals surface area contributed by atoms with E-state index in [0.29, 0.717) is 0 Å². The lowest BCUT2D eigenvalue weighted by molar-refractivity contribution is 0.397. The Morgan fingerprint density at radius 3 is 2.44 bits per heavy atom. The molecular formula is C13H12Br2O2S. The van der Waals surface area contributed by atoms with Crippen LogP contribution in [-0.4, -0.2) is 14.2 Å². The highest BCUT2D eigenvalue weighted by Gasteiger charge is 2.18. The normalized spacial score (nSPS) is 12.2. The van der Waals surface area contributed by atoms with E-state index in [0.717, 1.165) is 21.5 Å². The van der Waals surface area contributed by atoms with Gasteiger partial charge in [-0.05, 0) is 39.5 Å². The van der Waals surface area contributed by atoms with Crippen molar-refractivity contribution >= 4 is 43.2 Å². The number of benzene rings is 1. The molecule has 0 radical (unpaired) electrons. The second kappa shape index (κ2) is 6.08. The SMILES string of the molecule is COc1cc(C(Br)c2cccs2)c(OC)cc1Br. The molecule has 5 heteroatoms. The standard InChI is InChI=1S/C13H12Br2O2S/c1-16-10-7-9(14)11(17-2)6-8(10)13(15)12-4-3-5-18-12/h3-7,13H,1-2H3. The number of ether oxygens (including phenoxy) is 2. The molecule has 18 heavy (non-hydrogen) atoms. The van der Waals surface area contributed by atoms with Gasteiger partial charge >= 0.3 is 0 Å². The van der Waals surface area contributed by atoms with E-state index in [2.05, 4.69) is 43.3 Å². The summed E-state index contributed by atoms with van der Waals surface area (Å²) in [4.78, 5) is 1.34. The summed E-state index contributed by atoms with van der Waals surface area (Å²) in [6.45, 7) is 0. The predicted molar refractivity (Wildman–Crippen MR) is 82.3 cm³/mol. The van der Waals surface area contributed by atoms with Crippen LogP contribution in [0.3, 0.4) is 0 Å². The molecule has 1 aromatic carbocycles. The van der Waals surface area contributed by atoms with Crippen LogP contribution in [0, 0.1) is 0 Å². The molecule has 0 fully saturated rings. The molecule has 0 aliphatic carbocycles. The number of hydrogen-bond acceptors (Lipinski definition) is 3. The van der Waals surface area contributed by atoms with Crippen molar-refractivity contribution in [3.05, 3.63) is 44.6 Å². The summed E-state index contributed by atoms with van der Waals surface area (Å²) in [6.07, 6.45) is 0. The highest BCUT2D eigenvalue weighted by molar-refractivity contribution is 9.10. The summed E-state index contributed by atoms with van der Waals surface area (Å²) in [5.41, 5.74) is 1.06. The summed E-state index contributed by atoms with van der Waals surface area (Å²) in [7, 11) is 3.33. The zero-order valence-electron chi connectivity index (χ0n) is 9.94. The molecule has 2 aromatic rings. The Kier molecular flexibility index (Phi) is 4.70. The molecule has 0 saturated heterocycles. The van der Waals surface area contributed by atoms with Gasteiger partial charge in [-0.1, -0.05) is 22.0 Å². The van der Waals surface area contributed by atoms with E-state index in [1.807, 2.05) is 18.2 Å². The minimum absolute atomic E-state index is 0.106. The molecule has 0 aliphatic rings. The summed E-state index contributed by atoms with van der Waals surface area (Å²) in [6, 6.07) is 8.05. The van der Waals surface area contributed by atoms with Gasteiger partial charge in [0.2, 0.25) is 0 Å². The molecule has 0 spiro atoms. The third-order valence-corrected chi connectivity index (χ3v) is 5.42. The van der Waals surface area contributed by atoms with Gasteiger partial charge in [-0.3, -0.25) is 0 Å². The minimum Gasteiger partial charge on any atom is -0.496 e. The average molecular weight is 392 g/mol. The Hall–Kier alpha value is -0.520. The molecule has 0 bridgehead atoms. The highest BCUT2D eigenvalue weighted by atomic mass is 79.9. The van der Waals surface area contributed by atoms with Crippen molar-refractivity contribution in [1.29, 1.82) is 0 Å². The highest BCUT2D eigenvalue weighted by Crippen LogP contribution is 2.42. The van der Waals surface area contributed by atoms with Crippen LogP contribution in [0.2, 0.25) is 0 Å². The molecule has 1 unspecified atom stereocenters. The smallest absolute Gasteiger partial charge is 0.133 e. The molecule has 0 N–H and O–H groups in total. The van der Waals surface area contributed by atoms with Gasteiger partial charge in [-0.25, -0.2) is 0 Å². The fraction of sp³-hybridized carbons (Fsp3) is 0.231. The number of thiophene rings is 1. The molecule has 2 rings (SSSR count). The zero-order chi connectivity index (χ0) is 13.1. The fourth-order valence-electron chi connectivity index (χ4n) is 1.67. The first-order valence-electron chi connectivity index (χ1n) is 5.26. The largest absolute Gasteiger partial charge is 0.496 e. The van der Waals surface area contributed by atoms with Gasteiger partial charge < -0.3 is 9.47 Å². The minimum atomic E-state index is 0.106. The van der Waals surface area contributed by atoms with Gasteiger partial charge in [-0.15, -0.1) is 11.3 Å². The van der Waals surface area contributed by atoms with Gasteiger partial charge in [0.25, 0.3) is 0 Å². The van der Waals surface area contributed by atoms with Crippen LogP contribution in [0.15, 0.2) is 34.1 Å². The van der Waals surface area contributed by atoms with Crippen LogP contribution in [-0.2, 0) is 0 Å². The fourth-order valence-corrected chi connectivity index (χ4v) is 3.71. The summed E-state index contributed by atoms with van der Waals surface area (Å²) in [5, 5.41) is 2.06. The second-order valence-electron chi connectivity index (χ2n) is 3.61. The molecular weight excluding hydrogens is 380 g/mol. The van der Waals surface area contributed by atoms with Gasteiger partial charge in [-0.2, -0.15) is 0 Å². The topological polar surface area (TPSA) is 18.5 Å². The average Bonchev–Trinajstić information content (AvgIpc) is 2.91. The van der Waals surface area contributed by atoms with Crippen molar-refractivity contribution in [3.8, 4) is 11.5 Å². The van der Waals surface area contributed by atoms with Crippen molar-refractivity contribution < 1.29 is 9.47 Å². The third-order valence-electron chi connectivity index (χ3n) is 2.57. The number of hydrogen-bond donors (Lipinski definition) is 0. The Balaban J connectivity index is 2.48. The van der Waals surface area contributed by atoms with E-state index < -0.39 is 0 Å². The molecule has 1 aromatic heterocycles. The second-order valence-corrected chi connectivity index (χ2v) is 6.36. The van der Waals surface area contributed by atoms with Crippen molar-refractivity contribution in [2.75, 3.05) is 14.2 Å². The summed E-state index contributed by atoms with van der Waals surface area (Å²) in [5.74, 6) is 1.63. The van der Waals surface area contributed by atoms with Gasteiger partial charge in [0.1, 0.15) is 11.5 Å². The molecule has 0 aliphatic heterocycles. The van der Waals surface area contributed by atoms with Crippen molar-refractivity contribution in [2.24, 2.45) is 0 Å². The maximum atomic E-state index is 5.43. The van der Waals surface area contributed by atoms with Crippen LogP contribution >= 0.6 is 43.2 Å². The first-order chi connectivity index (χ1) is 8.67. The van der Waals surface area contributed by atoms with E-state index in [9.17, 15) is 0 Å². The zero-order valence-corrected chi connectivity index (χ0v) is 13.9. The van der Waals surface area contributed by atoms with Crippen LogP contribution in [0.25, 0.3) is 0 Å². The Morgan fingerprint density at radius 1 is 1.17 bits per heavy atom. The molecule has 1 heterocycles. The Labute approximate surface area is 127 Å². The monoisotopic (exact) mass is 390 g/mol. The van der Waals surface area contributed by atoms with Crippen LogP contribution < -0.4 is 9.47 Å². The van der Waals surface area contributed by atoms with Gasteiger partial charge in [0.05, 0.1) is 23.5 Å². The van der Waals surface area contributed by atoms with E-state index in [1.165, 1.54) is 4.88 Å². The lowest BCUT2D eigenvalue weighted by Gasteiger charge is -2.15. The van der Waals surface area contributed by atoms with Crippen LogP contribution in [0.4, 0.5) is 0 Å². The molecule has 96 valence electrons. The Bertz CT molecular complexity index is 526. The van der Waals surface area contributed by atoms with Crippen molar-refractivity contribution in [1.82, 2.24) is 0 Å². The van der Waals surface area contributed by atoms with Crippen molar-refractivity contribution in [3.63, 3.8) is 0 Å². The maximum absolute atomic E-state index is 5.43. The predicted octanol–water partition coefficient (Wildman–Crippen LogP) is 5.01. The van der Waals surface area contributed by atoms with Gasteiger partial charge in [0.15, 0.2) is 0 Å². The van der Waals surface area contributed by atoms with E-state index in [1.54, 1.807) is 25.6 Å². The van der Waals surface area contributed by atoms with Crippen molar-refractivity contribution in [2.45, 2.75) is 4.83 Å². The molecule has 0 saturated carbocycles. The quantitative estimate of drug-likeness (QED) is 0.681. The maximum Gasteiger partial charge on any atom is 0.133 e. The number of rotatable bonds is 4. The lowest BCUT2D eigenvalue weighted by atomic mass is 10.1. The van der Waals surface area contributed by atoms with E-state index >= 15 is 0 Å². The Morgan fingerprint density at radius 2 is 1.89 bits per heavy atom. The van der Waals surface area contributed by atoms with Crippen LogP contribution in [0.5, 0.6) is 11.5 Å². The summed E-state index contributed by atoms with van der Waals surface area (Å²) >= 11 is 8.88. The molecule has 2 nitrogen and oxygen atoms in total. The molecule has 1 atom stereocenters. The van der Waals surface area contributed by atoms with Gasteiger partial charge in [0, 0.05) is 10.4 Å². The first kappa shape index (κ1) is 13.9.